The van der Waals surface area contributed by atoms with Gasteiger partial charge in [-0.05, 0) is 36.4 Å². The molecule has 6 nitrogen and oxygen atoms in total. The van der Waals surface area contributed by atoms with Crippen molar-refractivity contribution in [3.63, 3.8) is 0 Å². The van der Waals surface area contributed by atoms with Crippen molar-refractivity contribution >= 4 is 28.5 Å². The molecule has 29 heavy (non-hydrogen) atoms. The van der Waals surface area contributed by atoms with E-state index in [4.69, 9.17) is 10.5 Å². The summed E-state index contributed by atoms with van der Waals surface area (Å²) in [6.45, 7) is 0. The van der Waals surface area contributed by atoms with Crippen LogP contribution in [0.2, 0.25) is 0 Å². The first kappa shape index (κ1) is 18.6. The number of hydrogen-bond acceptors (Lipinski definition) is 5. The summed E-state index contributed by atoms with van der Waals surface area (Å²) in [5.74, 6) is 1.83. The van der Waals surface area contributed by atoms with Crippen molar-refractivity contribution in [1.82, 2.24) is 14.5 Å². The number of benzene rings is 2. The molecule has 0 amide bonds. The molecule has 4 aromatic rings. The van der Waals surface area contributed by atoms with Crippen molar-refractivity contribution in [2.24, 2.45) is 7.05 Å². The highest BCUT2D eigenvalue weighted by molar-refractivity contribution is 5.81. The molecule has 0 spiro atoms. The number of nitrogens with two attached hydrogens (primary N) is 1. The first-order chi connectivity index (χ1) is 13.8. The Morgan fingerprint density at radius 2 is 1.83 bits per heavy atom. The minimum atomic E-state index is -4.41. The van der Waals surface area contributed by atoms with Crippen LogP contribution in [0.15, 0.2) is 60.8 Å². The lowest BCUT2D eigenvalue weighted by Gasteiger charge is -2.10. The van der Waals surface area contributed by atoms with E-state index in [1.165, 1.54) is 6.07 Å². The molecular formula is C20H16F3N5O. The predicted octanol–water partition coefficient (Wildman–Crippen LogP) is 5.11. The zero-order chi connectivity index (χ0) is 20.6. The number of nitrogens with one attached hydrogen (secondary N) is 1. The fourth-order valence-corrected chi connectivity index (χ4v) is 2.88. The lowest BCUT2D eigenvalue weighted by molar-refractivity contribution is -0.137. The highest BCUT2D eigenvalue weighted by atomic mass is 19.4. The molecular weight excluding hydrogens is 383 g/mol. The standard InChI is InChI=1S/C20H16F3N5O/c1-28-17-6-5-14(29-15-7-8-25-18(24)11-15)10-16(17)27-19(28)26-13-4-2-3-12(9-13)20(21,22)23/h2-11H,1H3,(H2,24,25)(H,26,27). The molecule has 0 saturated heterocycles. The van der Waals surface area contributed by atoms with Crippen molar-refractivity contribution in [2.75, 3.05) is 11.1 Å². The van der Waals surface area contributed by atoms with Gasteiger partial charge in [-0.1, -0.05) is 6.07 Å². The lowest BCUT2D eigenvalue weighted by atomic mass is 10.2. The Labute approximate surface area is 163 Å². The summed E-state index contributed by atoms with van der Waals surface area (Å²) in [6.07, 6.45) is -2.87. The van der Waals surface area contributed by atoms with Crippen molar-refractivity contribution in [3.05, 3.63) is 66.4 Å². The van der Waals surface area contributed by atoms with Crippen LogP contribution in [-0.2, 0) is 13.2 Å². The van der Waals surface area contributed by atoms with Crippen molar-refractivity contribution in [2.45, 2.75) is 6.18 Å². The van der Waals surface area contributed by atoms with Crippen LogP contribution in [0.1, 0.15) is 5.56 Å². The fraction of sp³-hybridized carbons (Fsp3) is 0.100. The number of hydrogen-bond donors (Lipinski definition) is 2. The number of ether oxygens (including phenoxy) is 1. The van der Waals surface area contributed by atoms with Crippen LogP contribution in [-0.4, -0.2) is 14.5 Å². The maximum absolute atomic E-state index is 12.9. The first-order valence-corrected chi connectivity index (χ1v) is 8.60. The highest BCUT2D eigenvalue weighted by Gasteiger charge is 2.30. The number of nitrogens with zero attached hydrogens (tertiary/aromatic N) is 3. The van der Waals surface area contributed by atoms with Gasteiger partial charge in [0.2, 0.25) is 5.95 Å². The van der Waals surface area contributed by atoms with Gasteiger partial charge in [0.15, 0.2) is 0 Å². The van der Waals surface area contributed by atoms with Gasteiger partial charge in [-0.3, -0.25) is 0 Å². The van der Waals surface area contributed by atoms with Crippen LogP contribution in [0.5, 0.6) is 11.5 Å². The SMILES string of the molecule is Cn1c(Nc2cccc(C(F)(F)F)c2)nc2cc(Oc3ccnc(N)c3)ccc21. The molecule has 0 unspecified atom stereocenters. The number of aryl methyl sites for hydroxylation is 1. The van der Waals surface area contributed by atoms with Gasteiger partial charge in [-0.2, -0.15) is 13.2 Å². The number of nitrogen functional groups attached to an aromatic ring is 1. The molecule has 0 aliphatic rings. The molecule has 0 fully saturated rings. The third kappa shape index (κ3) is 3.93. The van der Waals surface area contributed by atoms with Crippen LogP contribution in [0, 0.1) is 0 Å². The number of pyridine rings is 1. The van der Waals surface area contributed by atoms with E-state index in [2.05, 4.69) is 15.3 Å². The van der Waals surface area contributed by atoms with E-state index in [-0.39, 0.29) is 0 Å². The van der Waals surface area contributed by atoms with Gasteiger partial charge in [-0.15, -0.1) is 0 Å². The fourth-order valence-electron chi connectivity index (χ4n) is 2.88. The summed E-state index contributed by atoms with van der Waals surface area (Å²) >= 11 is 0. The highest BCUT2D eigenvalue weighted by Crippen LogP contribution is 2.32. The first-order valence-electron chi connectivity index (χ1n) is 8.60. The Kier molecular flexibility index (Phi) is 4.50. The van der Waals surface area contributed by atoms with E-state index in [1.807, 2.05) is 6.07 Å². The largest absolute Gasteiger partial charge is 0.457 e. The third-order valence-corrected chi connectivity index (χ3v) is 4.29. The second-order valence-corrected chi connectivity index (χ2v) is 6.37. The molecule has 3 N–H and O–H groups in total. The Hall–Kier alpha value is -3.75. The second-order valence-electron chi connectivity index (χ2n) is 6.37. The molecule has 4 rings (SSSR count). The maximum Gasteiger partial charge on any atom is 0.416 e. The molecule has 148 valence electrons. The van der Waals surface area contributed by atoms with E-state index in [0.717, 1.165) is 17.6 Å². The smallest absolute Gasteiger partial charge is 0.416 e. The molecule has 0 aliphatic carbocycles. The van der Waals surface area contributed by atoms with Gasteiger partial charge in [0.1, 0.15) is 17.3 Å². The quantitative estimate of drug-likeness (QED) is 0.499. The van der Waals surface area contributed by atoms with Crippen LogP contribution in [0.25, 0.3) is 11.0 Å². The summed E-state index contributed by atoms with van der Waals surface area (Å²) in [6, 6.07) is 13.6. The van der Waals surface area contributed by atoms with Crippen molar-refractivity contribution < 1.29 is 17.9 Å². The van der Waals surface area contributed by atoms with E-state index in [1.54, 1.807) is 48.1 Å². The minimum Gasteiger partial charge on any atom is -0.457 e. The Morgan fingerprint density at radius 1 is 1.03 bits per heavy atom. The minimum absolute atomic E-state index is 0.293. The normalized spacial score (nSPS) is 11.6. The Morgan fingerprint density at radius 3 is 2.59 bits per heavy atom. The average molecular weight is 399 g/mol. The number of imidazole rings is 1. The predicted molar refractivity (Wildman–Crippen MR) is 104 cm³/mol. The van der Waals surface area contributed by atoms with Crippen molar-refractivity contribution in [3.8, 4) is 11.5 Å². The monoisotopic (exact) mass is 399 g/mol. The number of fused-ring (bicyclic) bond motifs is 1. The van der Waals surface area contributed by atoms with E-state index in [0.29, 0.717) is 34.5 Å². The maximum atomic E-state index is 12.9. The van der Waals surface area contributed by atoms with Crippen LogP contribution >= 0.6 is 0 Å². The molecule has 9 heteroatoms. The summed E-state index contributed by atoms with van der Waals surface area (Å²) in [5, 5.41) is 2.94. The van der Waals surface area contributed by atoms with Gasteiger partial charge in [-0.25, -0.2) is 9.97 Å². The molecule has 2 aromatic carbocycles. The van der Waals surface area contributed by atoms with Crippen molar-refractivity contribution in [1.29, 1.82) is 0 Å². The Bertz CT molecular complexity index is 1190. The zero-order valence-corrected chi connectivity index (χ0v) is 15.2. The van der Waals surface area contributed by atoms with Crippen LogP contribution in [0.4, 0.5) is 30.6 Å². The molecule has 0 bridgehead atoms. The summed E-state index contributed by atoms with van der Waals surface area (Å²) < 4.78 is 46.3. The van der Waals surface area contributed by atoms with Gasteiger partial charge in [0.05, 0.1) is 16.6 Å². The van der Waals surface area contributed by atoms with Gasteiger partial charge in [0, 0.05) is 31.1 Å². The number of alkyl halides is 3. The molecule has 0 aliphatic heterocycles. The summed E-state index contributed by atoms with van der Waals surface area (Å²) in [7, 11) is 1.77. The van der Waals surface area contributed by atoms with Crippen LogP contribution in [0.3, 0.4) is 0 Å². The van der Waals surface area contributed by atoms with Gasteiger partial charge < -0.3 is 20.4 Å². The number of aromatic nitrogens is 3. The Balaban J connectivity index is 1.62. The second kappa shape index (κ2) is 7.01. The molecule has 0 saturated carbocycles. The summed E-state index contributed by atoms with van der Waals surface area (Å²) in [4.78, 5) is 8.38. The number of anilines is 3. The third-order valence-electron chi connectivity index (χ3n) is 4.29. The lowest BCUT2D eigenvalue weighted by Crippen LogP contribution is -2.06. The molecule has 0 atom stereocenters. The molecule has 0 radical (unpaired) electrons. The summed E-state index contributed by atoms with van der Waals surface area (Å²) in [5.41, 5.74) is 6.64. The molecule has 2 aromatic heterocycles. The van der Waals surface area contributed by atoms with E-state index in [9.17, 15) is 13.2 Å². The van der Waals surface area contributed by atoms with E-state index < -0.39 is 11.7 Å². The topological polar surface area (TPSA) is 78.0 Å². The van der Waals surface area contributed by atoms with Gasteiger partial charge in [0.25, 0.3) is 0 Å². The van der Waals surface area contributed by atoms with Crippen LogP contribution < -0.4 is 15.8 Å². The van der Waals surface area contributed by atoms with Gasteiger partial charge >= 0.3 is 6.18 Å². The zero-order valence-electron chi connectivity index (χ0n) is 15.2. The number of halogens is 3. The molecule has 2 heterocycles. The average Bonchev–Trinajstić information content (AvgIpc) is 2.96. The van der Waals surface area contributed by atoms with E-state index >= 15 is 0 Å². The number of rotatable bonds is 4.